The number of hydrogen-bond donors (Lipinski definition) is 0. The molecule has 0 spiro atoms. The molecule has 11 heteroatoms. The van der Waals surface area contributed by atoms with E-state index in [1.54, 1.807) is 21.2 Å². The summed E-state index contributed by atoms with van der Waals surface area (Å²) in [7, 11) is -3.12. The van der Waals surface area contributed by atoms with Crippen LogP contribution in [0.2, 0.25) is 0 Å². The number of rotatable bonds is 19. The van der Waals surface area contributed by atoms with Crippen LogP contribution in [-0.4, -0.2) is 36.0 Å². The molecule has 0 bridgehead atoms. The zero-order valence-electron chi connectivity index (χ0n) is 61.0. The van der Waals surface area contributed by atoms with Gasteiger partial charge >= 0.3 is 17.1 Å². The van der Waals surface area contributed by atoms with Crippen molar-refractivity contribution in [1.29, 1.82) is 0 Å². The molecule has 102 heavy (non-hydrogen) atoms. The van der Waals surface area contributed by atoms with Crippen LogP contribution in [0.15, 0.2) is 345 Å². The molecule has 1 aliphatic rings. The van der Waals surface area contributed by atoms with E-state index < -0.39 is 31.7 Å². The molecule has 12 aromatic carbocycles. The zero-order chi connectivity index (χ0) is 70.5. The fourth-order valence-corrected chi connectivity index (χ4v) is 26.4. The number of anilines is 8. The van der Waals surface area contributed by atoms with Crippen LogP contribution in [0.3, 0.4) is 0 Å². The van der Waals surface area contributed by atoms with E-state index in [0.29, 0.717) is 5.69 Å². The molecule has 12 aromatic rings. The number of hydrogen-bond acceptors (Lipinski definition) is 4. The van der Waals surface area contributed by atoms with E-state index in [9.17, 15) is 0 Å². The molecule has 0 aromatic heterocycles. The predicted octanol–water partition coefficient (Wildman–Crippen LogP) is 23.6. The Bertz CT molecular complexity index is 4140. The smallest absolute Gasteiger partial charge is 0.698 e. The molecule has 0 saturated heterocycles. The normalized spacial score (nSPS) is 11.8. The van der Waals surface area contributed by atoms with Crippen LogP contribution in [0.4, 0.5) is 51.2 Å². The van der Waals surface area contributed by atoms with Gasteiger partial charge in [0, 0.05) is 78.4 Å². The molecule has 1 N–H and O–H groups in total. The Balaban J connectivity index is 0.000000185. The van der Waals surface area contributed by atoms with Crippen molar-refractivity contribution in [1.82, 2.24) is 0 Å². The second kappa shape index (κ2) is 39.7. The fourth-order valence-electron chi connectivity index (χ4n) is 13.8. The van der Waals surface area contributed by atoms with Crippen LogP contribution < -0.4 is 51.4 Å². The van der Waals surface area contributed by atoms with Gasteiger partial charge in [-0.05, 0) is 202 Å². The van der Waals surface area contributed by atoms with E-state index >= 15 is 0 Å². The summed E-state index contributed by atoms with van der Waals surface area (Å²) in [5.74, 6) is 0. The Kier molecular flexibility index (Phi) is 31.1. The molecule has 0 unspecified atom stereocenters. The molecule has 1 aliphatic heterocycles. The minimum atomic E-state index is -1.20. The summed E-state index contributed by atoms with van der Waals surface area (Å²) in [5.41, 5.74) is 25.4. The van der Waals surface area contributed by atoms with Gasteiger partial charge in [0.15, 0.2) is 0 Å². The summed E-state index contributed by atoms with van der Waals surface area (Å²) in [6, 6.07) is 118. The van der Waals surface area contributed by atoms with Gasteiger partial charge < -0.3 is 25.3 Å². The number of nitrogens with zero attached hydrogens (tertiary/aromatic N) is 4. The Morgan fingerprint density at radius 1 is 0.304 bits per heavy atom. The maximum atomic E-state index is 7.71. The topological polar surface area (TPSA) is 36.8 Å². The Morgan fingerprint density at radius 2 is 0.549 bits per heavy atom. The standard InChI is InChI=1S/C37H31N2P.C25H39P3.C17H17N2.C12H10N.2Cu/c1-40(36-28-16-14-26-34(36)38(30-18-6-2-7-19-30)31-20-8-3-9-21-31)37-29-17-15-27-35(37)39(32-22-10-4-11-23-32)33-24-12-5-13-25-33;1-18(2)27(19(3)4)24-16-12-10-14-22(24)26(9)23-15-11-13-17-25(23)28(20(5)6)21(7)8;1-14-15(2)19(17-11-7-4-8-12-17)13-18(14)16-9-5-3-6-10-16;13-12-9-5-4-8-11(12)10-6-2-1-3-7-10;;/h2-29H,1H3;10-21H,1-9H3;3-13H,1-2H3;1-9,13H;;/q;;2*-1;;+1/p+4. The largest absolute Gasteiger partial charge is 1.00 e. The molecular weight excluding hydrogens is 1410 g/mol. The van der Waals surface area contributed by atoms with E-state index in [1.807, 2.05) is 66.7 Å². The summed E-state index contributed by atoms with van der Waals surface area (Å²) < 4.78 is 0. The fraction of sp³-hybridized carbons (Fsp3) is 0.176. The van der Waals surface area contributed by atoms with E-state index in [2.05, 4.69) is 376 Å². The van der Waals surface area contributed by atoms with Gasteiger partial charge in [-0.1, -0.05) is 212 Å². The summed E-state index contributed by atoms with van der Waals surface area (Å²) in [5, 5.41) is 9.48. The molecule has 0 atom stereocenters. The van der Waals surface area contributed by atoms with Gasteiger partial charge in [0.1, 0.15) is 31.8 Å². The van der Waals surface area contributed by atoms with E-state index in [-0.39, 0.29) is 34.1 Å². The zero-order valence-corrected chi connectivity index (χ0v) is 66.9. The Morgan fingerprint density at radius 3 is 0.863 bits per heavy atom. The van der Waals surface area contributed by atoms with Crippen LogP contribution >= 0.6 is 31.7 Å². The average molecular weight is 1520 g/mol. The van der Waals surface area contributed by atoms with Gasteiger partial charge in [0.05, 0.1) is 63.2 Å². The van der Waals surface area contributed by atoms with Gasteiger partial charge in [-0.2, -0.15) is 0 Å². The number of benzene rings is 12. The van der Waals surface area contributed by atoms with Gasteiger partial charge in [0.25, 0.3) is 0 Å². The van der Waals surface area contributed by atoms with Crippen molar-refractivity contribution in [3.8, 4) is 11.1 Å². The second-order valence-electron chi connectivity index (χ2n) is 26.5. The Labute approximate surface area is 637 Å². The minimum absolute atomic E-state index is 0. The van der Waals surface area contributed by atoms with Crippen molar-refractivity contribution >= 4 is 115 Å². The van der Waals surface area contributed by atoms with E-state index in [1.165, 1.54) is 44.8 Å². The Hall–Kier alpha value is -7.86. The summed E-state index contributed by atoms with van der Waals surface area (Å²) >= 11 is 0. The molecule has 13 rings (SSSR count). The molecule has 0 fully saturated rings. The molecule has 529 valence electrons. The van der Waals surface area contributed by atoms with Gasteiger partial charge in [-0.3, -0.25) is 0 Å². The molecule has 1 radical (unpaired) electrons. The predicted molar refractivity (Wildman–Crippen MR) is 455 cm³/mol. The number of para-hydroxylation sites is 8. The summed E-state index contributed by atoms with van der Waals surface area (Å²) in [6.45, 7) is 30.9. The summed E-state index contributed by atoms with van der Waals surface area (Å²) in [4.78, 5) is 9.22. The second-order valence-corrected chi connectivity index (χ2v) is 38.7. The maximum absolute atomic E-state index is 7.71. The van der Waals surface area contributed by atoms with Crippen molar-refractivity contribution in [2.45, 2.75) is 91.9 Å². The third-order valence-electron chi connectivity index (χ3n) is 18.5. The number of allylic oxidation sites excluding steroid dienone is 2. The van der Waals surface area contributed by atoms with Crippen molar-refractivity contribution in [3.63, 3.8) is 0 Å². The van der Waals surface area contributed by atoms with Crippen LogP contribution in [0.25, 0.3) is 16.9 Å². The first-order valence-electron chi connectivity index (χ1n) is 35.3. The average Bonchev–Trinajstić information content (AvgIpc) is 0.968. The molecule has 0 amide bonds. The first kappa shape index (κ1) is 79.8. The van der Waals surface area contributed by atoms with Crippen LogP contribution in [0.1, 0.15) is 69.2 Å². The SMILES string of the molecule is CC(C)[PH+](c1ccccc1[PH+](C)c1ccccc1[PH+](C(C)C)C(C)C)C(C)C.CC1=C(C)N(c2ccccc2)[CH-]N1c1ccccc1.C[PH+](c1ccccc1N(c1ccccc1)c1ccccc1)c1ccccc1N(c1ccccc1)c1ccccc1.[Cu+].[Cu].[NH-]c1ccccc1-c1ccccc1. The van der Waals surface area contributed by atoms with Crippen LogP contribution in [0, 0.1) is 6.67 Å². The van der Waals surface area contributed by atoms with Gasteiger partial charge in [-0.25, -0.2) is 0 Å². The van der Waals surface area contributed by atoms with Gasteiger partial charge in [-0.15, -0.1) is 12.4 Å². The summed E-state index contributed by atoms with van der Waals surface area (Å²) in [6.07, 6.45) is 0. The molecular formula is C91H101Cu2N5P4+3. The monoisotopic (exact) mass is 1510 g/mol. The first-order valence-corrected chi connectivity index (χ1v) is 42.6. The van der Waals surface area contributed by atoms with Crippen LogP contribution in [0.5, 0.6) is 0 Å². The molecule has 0 saturated carbocycles. The van der Waals surface area contributed by atoms with Crippen molar-refractivity contribution in [2.24, 2.45) is 0 Å². The third kappa shape index (κ3) is 20.1. The van der Waals surface area contributed by atoms with E-state index in [0.717, 1.165) is 56.5 Å². The minimum Gasteiger partial charge on any atom is -0.698 e. The maximum Gasteiger partial charge on any atom is 1.00 e. The first-order chi connectivity index (χ1) is 48.6. The molecule has 1 heterocycles. The third-order valence-corrected chi connectivity index (χ3v) is 31.0. The van der Waals surface area contributed by atoms with Crippen molar-refractivity contribution < 1.29 is 34.1 Å². The van der Waals surface area contributed by atoms with E-state index in [4.69, 9.17) is 5.73 Å². The van der Waals surface area contributed by atoms with Crippen LogP contribution in [-0.2, 0) is 34.1 Å². The van der Waals surface area contributed by atoms with Crippen molar-refractivity contribution in [3.05, 3.63) is 357 Å². The molecule has 5 nitrogen and oxygen atoms in total. The van der Waals surface area contributed by atoms with Gasteiger partial charge in [0.2, 0.25) is 0 Å². The molecule has 0 aliphatic carbocycles. The quantitative estimate of drug-likeness (QED) is 0.0459. The number of nitrogens with one attached hydrogen (secondary N) is 1. The van der Waals surface area contributed by atoms with Crippen molar-refractivity contribution in [2.75, 3.05) is 32.9 Å².